The fourth-order valence-electron chi connectivity index (χ4n) is 1.99. The summed E-state index contributed by atoms with van der Waals surface area (Å²) < 4.78 is 10.0. The number of alkyl carbamates (subject to hydrolysis) is 1. The van der Waals surface area contributed by atoms with Crippen LogP contribution in [0, 0.1) is 0 Å². The predicted octanol–water partition coefficient (Wildman–Crippen LogP) is -0.0176. The lowest BCUT2D eigenvalue weighted by molar-refractivity contribution is -0.163. The van der Waals surface area contributed by atoms with Crippen LogP contribution in [0.25, 0.3) is 0 Å². The van der Waals surface area contributed by atoms with E-state index in [2.05, 4.69) is 16.0 Å². The number of amides is 1. The molecular weight excluding hydrogens is 324 g/mol. The molecule has 0 aromatic heterocycles. The summed E-state index contributed by atoms with van der Waals surface area (Å²) in [5, 5.41) is 8.89. The van der Waals surface area contributed by atoms with E-state index in [1.54, 1.807) is 0 Å². The van der Waals surface area contributed by atoms with Gasteiger partial charge in [0.25, 0.3) is 0 Å². The normalized spacial score (nSPS) is 11.6. The maximum atomic E-state index is 11.8. The molecule has 140 valence electrons. The number of ether oxygens (including phenoxy) is 2. The molecule has 1 rings (SSSR count). The number of carbonyl (C=O) groups excluding carboxylic acids is 2. The van der Waals surface area contributed by atoms with Crippen molar-refractivity contribution in [3.05, 3.63) is 35.9 Å². The SMILES string of the molecule is C[C@H](OC(=O)Cc1ccccc1)OC(=O)NCCNCCNCCN. The van der Waals surface area contributed by atoms with Crippen molar-refractivity contribution < 1.29 is 19.1 Å². The van der Waals surface area contributed by atoms with E-state index >= 15 is 0 Å². The molecule has 0 spiro atoms. The van der Waals surface area contributed by atoms with Crippen LogP contribution >= 0.6 is 0 Å². The van der Waals surface area contributed by atoms with Crippen LogP contribution in [-0.4, -0.2) is 57.6 Å². The molecule has 0 heterocycles. The van der Waals surface area contributed by atoms with Crippen molar-refractivity contribution in [2.75, 3.05) is 39.3 Å². The fourth-order valence-corrected chi connectivity index (χ4v) is 1.99. The first-order chi connectivity index (χ1) is 12.1. The van der Waals surface area contributed by atoms with Crippen LogP contribution in [-0.2, 0) is 20.7 Å². The number of hydrogen-bond acceptors (Lipinski definition) is 7. The van der Waals surface area contributed by atoms with Gasteiger partial charge in [0.2, 0.25) is 6.29 Å². The van der Waals surface area contributed by atoms with Gasteiger partial charge in [-0.3, -0.25) is 4.79 Å². The highest BCUT2D eigenvalue weighted by atomic mass is 16.7. The second-order valence-corrected chi connectivity index (χ2v) is 5.34. The van der Waals surface area contributed by atoms with Crippen molar-refractivity contribution in [2.24, 2.45) is 5.73 Å². The average molecular weight is 352 g/mol. The van der Waals surface area contributed by atoms with Crippen molar-refractivity contribution in [2.45, 2.75) is 19.6 Å². The first kappa shape index (κ1) is 20.9. The average Bonchev–Trinajstić information content (AvgIpc) is 2.57. The van der Waals surface area contributed by atoms with Crippen molar-refractivity contribution >= 4 is 12.1 Å². The van der Waals surface area contributed by atoms with Gasteiger partial charge in [0.15, 0.2) is 0 Å². The number of carbonyl (C=O) groups is 2. The van der Waals surface area contributed by atoms with Gasteiger partial charge in [-0.15, -0.1) is 0 Å². The number of esters is 1. The summed E-state index contributed by atoms with van der Waals surface area (Å²) >= 11 is 0. The lowest BCUT2D eigenvalue weighted by Gasteiger charge is -2.15. The van der Waals surface area contributed by atoms with Gasteiger partial charge >= 0.3 is 12.1 Å². The Hall–Kier alpha value is -2.16. The lowest BCUT2D eigenvalue weighted by Crippen LogP contribution is -2.37. The molecule has 0 fully saturated rings. The second kappa shape index (κ2) is 13.2. The Morgan fingerprint density at radius 3 is 2.32 bits per heavy atom. The van der Waals surface area contributed by atoms with Gasteiger partial charge in [0, 0.05) is 46.2 Å². The van der Waals surface area contributed by atoms with E-state index in [-0.39, 0.29) is 6.42 Å². The van der Waals surface area contributed by atoms with Gasteiger partial charge in [0.05, 0.1) is 6.42 Å². The molecule has 0 aliphatic carbocycles. The van der Waals surface area contributed by atoms with E-state index in [0.717, 1.165) is 25.2 Å². The third kappa shape index (κ3) is 11.1. The Labute approximate surface area is 148 Å². The molecule has 0 saturated carbocycles. The summed E-state index contributed by atoms with van der Waals surface area (Å²) in [6.45, 7) is 5.53. The maximum Gasteiger partial charge on any atom is 0.410 e. The number of benzene rings is 1. The third-order valence-corrected chi connectivity index (χ3v) is 3.13. The topological polar surface area (TPSA) is 115 Å². The summed E-state index contributed by atoms with van der Waals surface area (Å²) in [7, 11) is 0. The summed E-state index contributed by atoms with van der Waals surface area (Å²) in [6.07, 6.45) is -1.43. The summed E-state index contributed by atoms with van der Waals surface area (Å²) in [5.74, 6) is -0.446. The smallest absolute Gasteiger partial charge is 0.410 e. The Kier molecular flexibility index (Phi) is 11.0. The lowest BCUT2D eigenvalue weighted by atomic mass is 10.2. The zero-order chi connectivity index (χ0) is 18.3. The van der Waals surface area contributed by atoms with Crippen LogP contribution in [0.4, 0.5) is 4.79 Å². The van der Waals surface area contributed by atoms with Crippen LogP contribution in [0.2, 0.25) is 0 Å². The van der Waals surface area contributed by atoms with Gasteiger partial charge in [-0.25, -0.2) is 4.79 Å². The van der Waals surface area contributed by atoms with Crippen LogP contribution in [0.1, 0.15) is 12.5 Å². The van der Waals surface area contributed by atoms with E-state index in [1.165, 1.54) is 6.92 Å². The number of hydrogen-bond donors (Lipinski definition) is 4. The van der Waals surface area contributed by atoms with E-state index in [4.69, 9.17) is 15.2 Å². The van der Waals surface area contributed by atoms with E-state index in [0.29, 0.717) is 19.6 Å². The maximum absolute atomic E-state index is 11.8. The van der Waals surface area contributed by atoms with Crippen LogP contribution in [0.3, 0.4) is 0 Å². The second-order valence-electron chi connectivity index (χ2n) is 5.34. The minimum Gasteiger partial charge on any atom is -0.425 e. The predicted molar refractivity (Wildman–Crippen MR) is 95.0 cm³/mol. The Morgan fingerprint density at radius 1 is 1.00 bits per heavy atom. The number of nitrogens with two attached hydrogens (primary N) is 1. The molecule has 0 saturated heterocycles. The number of rotatable bonds is 12. The highest BCUT2D eigenvalue weighted by Crippen LogP contribution is 2.03. The van der Waals surface area contributed by atoms with Crippen molar-refractivity contribution in [3.8, 4) is 0 Å². The molecule has 8 nitrogen and oxygen atoms in total. The molecule has 1 amide bonds. The standard InChI is InChI=1S/C17H28N4O4/c1-14(24-16(22)13-15-5-3-2-4-6-15)25-17(23)21-12-11-20-10-9-19-8-7-18/h2-6,14,19-20H,7-13,18H2,1H3,(H,21,23)/t14-/m1/s1. The first-order valence-electron chi connectivity index (χ1n) is 8.41. The number of nitrogens with one attached hydrogen (secondary N) is 3. The fraction of sp³-hybridized carbons (Fsp3) is 0.529. The van der Waals surface area contributed by atoms with E-state index in [9.17, 15) is 9.59 Å². The first-order valence-corrected chi connectivity index (χ1v) is 8.41. The molecule has 25 heavy (non-hydrogen) atoms. The highest BCUT2D eigenvalue weighted by Gasteiger charge is 2.14. The summed E-state index contributed by atoms with van der Waals surface area (Å²) in [6, 6.07) is 9.23. The zero-order valence-electron chi connectivity index (χ0n) is 14.6. The molecule has 0 aliphatic rings. The quantitative estimate of drug-likeness (QED) is 0.237. The highest BCUT2D eigenvalue weighted by molar-refractivity contribution is 5.73. The largest absolute Gasteiger partial charge is 0.425 e. The van der Waals surface area contributed by atoms with E-state index < -0.39 is 18.4 Å². The van der Waals surface area contributed by atoms with Crippen LogP contribution in [0.5, 0.6) is 0 Å². The monoisotopic (exact) mass is 352 g/mol. The summed E-state index contributed by atoms with van der Waals surface area (Å²) in [4.78, 5) is 23.3. The van der Waals surface area contributed by atoms with Crippen LogP contribution in [0.15, 0.2) is 30.3 Å². The minimum absolute atomic E-state index is 0.137. The van der Waals surface area contributed by atoms with Gasteiger partial charge < -0.3 is 31.2 Å². The van der Waals surface area contributed by atoms with Crippen molar-refractivity contribution in [1.29, 1.82) is 0 Å². The molecule has 0 bridgehead atoms. The molecule has 0 unspecified atom stereocenters. The van der Waals surface area contributed by atoms with Crippen molar-refractivity contribution in [1.82, 2.24) is 16.0 Å². The molecule has 1 aromatic rings. The molecule has 5 N–H and O–H groups in total. The molecule has 8 heteroatoms. The molecule has 0 radical (unpaired) electrons. The van der Waals surface area contributed by atoms with Gasteiger partial charge in [-0.2, -0.15) is 0 Å². The molecule has 0 aliphatic heterocycles. The van der Waals surface area contributed by atoms with Crippen molar-refractivity contribution in [3.63, 3.8) is 0 Å². The minimum atomic E-state index is -0.940. The van der Waals surface area contributed by atoms with Gasteiger partial charge in [-0.1, -0.05) is 30.3 Å². The van der Waals surface area contributed by atoms with E-state index in [1.807, 2.05) is 30.3 Å². The van der Waals surface area contributed by atoms with Crippen LogP contribution < -0.4 is 21.7 Å². The Bertz CT molecular complexity index is 499. The molecular formula is C17H28N4O4. The molecule has 1 aromatic carbocycles. The summed E-state index contributed by atoms with van der Waals surface area (Å²) in [5.41, 5.74) is 6.20. The molecule has 1 atom stereocenters. The van der Waals surface area contributed by atoms with Gasteiger partial charge in [0.1, 0.15) is 0 Å². The zero-order valence-corrected chi connectivity index (χ0v) is 14.6. The third-order valence-electron chi connectivity index (χ3n) is 3.13. The van der Waals surface area contributed by atoms with Gasteiger partial charge in [-0.05, 0) is 5.56 Å². The Morgan fingerprint density at radius 2 is 1.64 bits per heavy atom. The Balaban J connectivity index is 2.06.